The maximum absolute atomic E-state index is 3.70. The molecular formula is C14H20BrNS. The Morgan fingerprint density at radius 2 is 2.12 bits per heavy atom. The van der Waals surface area contributed by atoms with Crippen LogP contribution >= 0.6 is 27.7 Å². The van der Waals surface area contributed by atoms with E-state index in [0.717, 1.165) is 5.92 Å². The molecule has 94 valence electrons. The third-order valence-corrected chi connectivity index (χ3v) is 4.98. The van der Waals surface area contributed by atoms with E-state index in [1.54, 1.807) is 0 Å². The summed E-state index contributed by atoms with van der Waals surface area (Å²) in [6.07, 6.45) is 4.73. The van der Waals surface area contributed by atoms with Crippen LogP contribution in [-0.4, -0.2) is 24.1 Å². The zero-order chi connectivity index (χ0) is 12.3. The molecule has 0 bridgehead atoms. The molecule has 0 amide bonds. The average molecular weight is 314 g/mol. The monoisotopic (exact) mass is 313 g/mol. The van der Waals surface area contributed by atoms with E-state index < -0.39 is 0 Å². The molecule has 1 nitrogen and oxygen atoms in total. The first-order chi connectivity index (χ1) is 8.20. The van der Waals surface area contributed by atoms with Gasteiger partial charge in [0.25, 0.3) is 0 Å². The standard InChI is InChI=1S/C14H20BrNS/c1-10(9-17-2)16-12-7-11(8-12)13-5-3-4-6-14(13)15/h3-6,10-12,16H,7-9H2,1-2H3. The quantitative estimate of drug-likeness (QED) is 0.880. The topological polar surface area (TPSA) is 12.0 Å². The van der Waals surface area contributed by atoms with Gasteiger partial charge in [0.1, 0.15) is 0 Å². The molecule has 1 aliphatic carbocycles. The third-order valence-electron chi connectivity index (χ3n) is 3.42. The van der Waals surface area contributed by atoms with E-state index in [1.165, 1.54) is 28.6 Å². The van der Waals surface area contributed by atoms with Gasteiger partial charge in [-0.15, -0.1) is 0 Å². The molecular weight excluding hydrogens is 294 g/mol. The Labute approximate surface area is 117 Å². The van der Waals surface area contributed by atoms with Crippen LogP contribution in [0.25, 0.3) is 0 Å². The van der Waals surface area contributed by atoms with Gasteiger partial charge in [-0.2, -0.15) is 11.8 Å². The molecule has 1 N–H and O–H groups in total. The number of rotatable bonds is 5. The average Bonchev–Trinajstić information content (AvgIpc) is 2.25. The summed E-state index contributed by atoms with van der Waals surface area (Å²) in [6, 6.07) is 9.96. The molecule has 1 saturated carbocycles. The Bertz CT molecular complexity index is 363. The highest BCUT2D eigenvalue weighted by molar-refractivity contribution is 9.10. The SMILES string of the molecule is CSCC(C)NC1CC(c2ccccc2Br)C1. The van der Waals surface area contributed by atoms with Crippen molar-refractivity contribution in [2.75, 3.05) is 12.0 Å². The molecule has 3 heteroatoms. The molecule has 0 radical (unpaired) electrons. The fourth-order valence-electron chi connectivity index (χ4n) is 2.51. The second-order valence-corrected chi connectivity index (χ2v) is 6.67. The number of halogens is 1. The molecule has 0 spiro atoms. The molecule has 1 unspecified atom stereocenters. The lowest BCUT2D eigenvalue weighted by Gasteiger charge is -2.38. The molecule has 1 aromatic rings. The van der Waals surface area contributed by atoms with Gasteiger partial charge in [0.05, 0.1) is 0 Å². The second kappa shape index (κ2) is 6.26. The van der Waals surface area contributed by atoms with Crippen LogP contribution in [0, 0.1) is 0 Å². The van der Waals surface area contributed by atoms with E-state index in [-0.39, 0.29) is 0 Å². The maximum Gasteiger partial charge on any atom is 0.0210 e. The number of nitrogens with one attached hydrogen (secondary N) is 1. The number of benzene rings is 1. The highest BCUT2D eigenvalue weighted by atomic mass is 79.9. The Morgan fingerprint density at radius 1 is 1.41 bits per heavy atom. The van der Waals surface area contributed by atoms with Crippen LogP contribution in [0.4, 0.5) is 0 Å². The molecule has 1 aromatic carbocycles. The van der Waals surface area contributed by atoms with Crippen molar-refractivity contribution in [1.82, 2.24) is 5.32 Å². The largest absolute Gasteiger partial charge is 0.311 e. The molecule has 1 aliphatic rings. The zero-order valence-corrected chi connectivity index (χ0v) is 12.9. The van der Waals surface area contributed by atoms with Crippen molar-refractivity contribution in [3.8, 4) is 0 Å². The lowest BCUT2D eigenvalue weighted by molar-refractivity contribution is 0.275. The Kier molecular flexibility index (Phi) is 4.95. The maximum atomic E-state index is 3.70. The van der Waals surface area contributed by atoms with E-state index in [4.69, 9.17) is 0 Å². The Hall–Kier alpha value is 0.01000. The zero-order valence-electron chi connectivity index (χ0n) is 10.4. The second-order valence-electron chi connectivity index (χ2n) is 4.91. The molecule has 0 heterocycles. The summed E-state index contributed by atoms with van der Waals surface area (Å²) in [5.74, 6) is 1.94. The summed E-state index contributed by atoms with van der Waals surface area (Å²) in [6.45, 7) is 2.28. The van der Waals surface area contributed by atoms with Crippen molar-refractivity contribution >= 4 is 27.7 Å². The molecule has 0 saturated heterocycles. The van der Waals surface area contributed by atoms with Crippen LogP contribution in [0.1, 0.15) is 31.2 Å². The van der Waals surface area contributed by atoms with Crippen molar-refractivity contribution in [1.29, 1.82) is 0 Å². The number of thioether (sulfide) groups is 1. The summed E-state index contributed by atoms with van der Waals surface area (Å²) < 4.78 is 1.26. The van der Waals surface area contributed by atoms with E-state index in [9.17, 15) is 0 Å². The molecule has 0 aromatic heterocycles. The van der Waals surface area contributed by atoms with Gasteiger partial charge in [0.15, 0.2) is 0 Å². The fourth-order valence-corrected chi connectivity index (χ4v) is 3.72. The molecule has 2 rings (SSSR count). The number of hydrogen-bond acceptors (Lipinski definition) is 2. The number of hydrogen-bond donors (Lipinski definition) is 1. The third kappa shape index (κ3) is 3.49. The first-order valence-electron chi connectivity index (χ1n) is 6.20. The summed E-state index contributed by atoms with van der Waals surface area (Å²) in [4.78, 5) is 0. The van der Waals surface area contributed by atoms with Crippen LogP contribution in [0.5, 0.6) is 0 Å². The van der Waals surface area contributed by atoms with E-state index in [2.05, 4.69) is 58.7 Å². The smallest absolute Gasteiger partial charge is 0.0210 e. The van der Waals surface area contributed by atoms with Gasteiger partial charge in [-0.1, -0.05) is 34.1 Å². The Morgan fingerprint density at radius 3 is 2.76 bits per heavy atom. The van der Waals surface area contributed by atoms with Crippen molar-refractivity contribution < 1.29 is 0 Å². The first-order valence-corrected chi connectivity index (χ1v) is 8.38. The summed E-state index contributed by atoms with van der Waals surface area (Å²) in [5, 5.41) is 3.70. The molecule has 0 aliphatic heterocycles. The summed E-state index contributed by atoms with van der Waals surface area (Å²) >= 11 is 5.56. The first kappa shape index (κ1) is 13.4. The van der Waals surface area contributed by atoms with Gasteiger partial charge in [-0.3, -0.25) is 0 Å². The highest BCUT2D eigenvalue weighted by Gasteiger charge is 2.31. The summed E-state index contributed by atoms with van der Waals surface area (Å²) in [5.41, 5.74) is 1.48. The van der Waals surface area contributed by atoms with Gasteiger partial charge in [0.2, 0.25) is 0 Å². The minimum Gasteiger partial charge on any atom is -0.311 e. The normalized spacial score (nSPS) is 25.4. The van der Waals surface area contributed by atoms with Crippen LogP contribution in [-0.2, 0) is 0 Å². The Balaban J connectivity index is 1.81. The predicted molar refractivity (Wildman–Crippen MR) is 80.9 cm³/mol. The van der Waals surface area contributed by atoms with Gasteiger partial charge >= 0.3 is 0 Å². The van der Waals surface area contributed by atoms with Crippen LogP contribution in [0.3, 0.4) is 0 Å². The van der Waals surface area contributed by atoms with Crippen molar-refractivity contribution in [3.05, 3.63) is 34.3 Å². The van der Waals surface area contributed by atoms with Gasteiger partial charge < -0.3 is 5.32 Å². The van der Waals surface area contributed by atoms with Crippen molar-refractivity contribution in [2.24, 2.45) is 0 Å². The van der Waals surface area contributed by atoms with E-state index >= 15 is 0 Å². The molecule has 17 heavy (non-hydrogen) atoms. The van der Waals surface area contributed by atoms with E-state index in [1.807, 2.05) is 11.8 Å². The summed E-state index contributed by atoms with van der Waals surface area (Å²) in [7, 11) is 0. The minimum absolute atomic E-state index is 0.634. The predicted octanol–water partition coefficient (Wildman–Crippen LogP) is 4.04. The molecule has 1 atom stereocenters. The van der Waals surface area contributed by atoms with Crippen LogP contribution < -0.4 is 5.32 Å². The van der Waals surface area contributed by atoms with Crippen LogP contribution in [0.2, 0.25) is 0 Å². The minimum atomic E-state index is 0.634. The fraction of sp³-hybridized carbons (Fsp3) is 0.571. The van der Waals surface area contributed by atoms with E-state index in [0.29, 0.717) is 12.1 Å². The highest BCUT2D eigenvalue weighted by Crippen LogP contribution is 2.40. The van der Waals surface area contributed by atoms with Crippen LogP contribution in [0.15, 0.2) is 28.7 Å². The van der Waals surface area contributed by atoms with Crippen molar-refractivity contribution in [2.45, 2.75) is 37.8 Å². The lowest BCUT2D eigenvalue weighted by atomic mass is 9.75. The lowest BCUT2D eigenvalue weighted by Crippen LogP contribution is -2.45. The van der Waals surface area contributed by atoms with Gasteiger partial charge in [0, 0.05) is 22.3 Å². The molecule has 1 fully saturated rings. The van der Waals surface area contributed by atoms with Gasteiger partial charge in [-0.25, -0.2) is 0 Å². The van der Waals surface area contributed by atoms with Crippen molar-refractivity contribution in [3.63, 3.8) is 0 Å². The van der Waals surface area contributed by atoms with Gasteiger partial charge in [-0.05, 0) is 43.6 Å².